The molecule has 1 unspecified atom stereocenters. The zero-order valence-electron chi connectivity index (χ0n) is 16.9. The lowest BCUT2D eigenvalue weighted by atomic mass is 9.96. The van der Waals surface area contributed by atoms with Gasteiger partial charge in [0.2, 0.25) is 5.95 Å². The Balaban J connectivity index is 1.70. The van der Waals surface area contributed by atoms with Crippen LogP contribution in [0.1, 0.15) is 17.2 Å². The number of aromatic amines is 1. The van der Waals surface area contributed by atoms with E-state index in [1.807, 2.05) is 6.07 Å². The van der Waals surface area contributed by atoms with Gasteiger partial charge in [0.05, 0.1) is 27.6 Å². The lowest BCUT2D eigenvalue weighted by Crippen LogP contribution is -2.30. The van der Waals surface area contributed by atoms with Crippen LogP contribution in [0.2, 0.25) is 0 Å². The molecule has 0 aliphatic carbocycles. The Morgan fingerprint density at radius 3 is 2.48 bits per heavy atom. The first-order valence-corrected chi connectivity index (χ1v) is 9.86. The SMILES string of the molecule is O=C1C(=O)N(c2nc3ccccc3[nH]2)C(c2cccnc2)/C1=C(\O)c1ccc([N+](=O)[O-])cc1. The third-order valence-electron chi connectivity index (χ3n) is 5.40. The third kappa shape index (κ3) is 3.30. The number of ketones is 1. The van der Waals surface area contributed by atoms with E-state index in [2.05, 4.69) is 15.0 Å². The predicted octanol–water partition coefficient (Wildman–Crippen LogP) is 3.49. The fraction of sp³-hybridized carbons (Fsp3) is 0.0435. The molecule has 0 bridgehead atoms. The van der Waals surface area contributed by atoms with E-state index in [9.17, 15) is 24.8 Å². The normalized spacial score (nSPS) is 17.6. The molecule has 1 atom stereocenters. The number of anilines is 1. The maximum absolute atomic E-state index is 13.1. The van der Waals surface area contributed by atoms with Gasteiger partial charge in [-0.3, -0.25) is 29.6 Å². The molecule has 10 nitrogen and oxygen atoms in total. The number of non-ortho nitro benzene ring substituents is 1. The maximum atomic E-state index is 13.1. The Kier molecular flexibility index (Phi) is 4.67. The van der Waals surface area contributed by atoms with Crippen LogP contribution in [0.5, 0.6) is 0 Å². The number of rotatable bonds is 4. The molecule has 33 heavy (non-hydrogen) atoms. The van der Waals surface area contributed by atoms with Crippen molar-refractivity contribution in [3.05, 3.63) is 99.9 Å². The zero-order valence-corrected chi connectivity index (χ0v) is 16.9. The van der Waals surface area contributed by atoms with Gasteiger partial charge >= 0.3 is 5.91 Å². The second-order valence-electron chi connectivity index (χ2n) is 7.34. The number of pyridine rings is 1. The summed E-state index contributed by atoms with van der Waals surface area (Å²) >= 11 is 0. The highest BCUT2D eigenvalue weighted by molar-refractivity contribution is 6.51. The summed E-state index contributed by atoms with van der Waals surface area (Å²) in [5.74, 6) is -2.07. The summed E-state index contributed by atoms with van der Waals surface area (Å²) in [5.41, 5.74) is 1.60. The molecule has 3 heterocycles. The summed E-state index contributed by atoms with van der Waals surface area (Å²) in [7, 11) is 0. The van der Waals surface area contributed by atoms with Gasteiger partial charge in [-0.25, -0.2) is 4.98 Å². The number of benzene rings is 2. The second-order valence-corrected chi connectivity index (χ2v) is 7.34. The number of nitrogens with zero attached hydrogens (tertiary/aromatic N) is 4. The van der Waals surface area contributed by atoms with Gasteiger partial charge in [-0.1, -0.05) is 18.2 Å². The minimum absolute atomic E-state index is 0.148. The van der Waals surface area contributed by atoms with Crippen molar-refractivity contribution in [2.45, 2.75) is 6.04 Å². The molecule has 2 aromatic carbocycles. The van der Waals surface area contributed by atoms with E-state index in [0.29, 0.717) is 16.6 Å². The molecule has 1 amide bonds. The Bertz CT molecular complexity index is 1410. The smallest absolute Gasteiger partial charge is 0.302 e. The van der Waals surface area contributed by atoms with Crippen molar-refractivity contribution in [1.82, 2.24) is 15.0 Å². The average molecular weight is 441 g/mol. The monoisotopic (exact) mass is 441 g/mol. The highest BCUT2D eigenvalue weighted by Gasteiger charge is 2.48. The Hall–Kier alpha value is -4.86. The first-order valence-electron chi connectivity index (χ1n) is 9.86. The Morgan fingerprint density at radius 1 is 1.06 bits per heavy atom. The number of amides is 1. The number of nitro benzene ring substituents is 1. The minimum atomic E-state index is -1.01. The summed E-state index contributed by atoms with van der Waals surface area (Å²) in [6, 6.07) is 14.6. The second kappa shape index (κ2) is 7.68. The van der Waals surface area contributed by atoms with Gasteiger partial charge in [-0.2, -0.15) is 0 Å². The fourth-order valence-corrected chi connectivity index (χ4v) is 3.85. The van der Waals surface area contributed by atoms with Crippen molar-refractivity contribution in [2.24, 2.45) is 0 Å². The topological polar surface area (TPSA) is 142 Å². The number of carbonyl (C=O) groups is 2. The van der Waals surface area contributed by atoms with E-state index in [1.165, 1.54) is 35.4 Å². The number of nitrogens with one attached hydrogen (secondary N) is 1. The summed E-state index contributed by atoms with van der Waals surface area (Å²) in [5, 5.41) is 22.0. The van der Waals surface area contributed by atoms with E-state index in [1.54, 1.807) is 36.5 Å². The highest BCUT2D eigenvalue weighted by Crippen LogP contribution is 2.41. The zero-order chi connectivity index (χ0) is 23.1. The molecule has 10 heteroatoms. The van der Waals surface area contributed by atoms with E-state index in [0.717, 1.165) is 0 Å². The van der Waals surface area contributed by atoms with Gasteiger partial charge in [0, 0.05) is 30.1 Å². The summed E-state index contributed by atoms with van der Waals surface area (Å²) < 4.78 is 0. The van der Waals surface area contributed by atoms with Gasteiger partial charge in [-0.15, -0.1) is 0 Å². The molecular formula is C23H15N5O5. The molecule has 1 saturated heterocycles. The van der Waals surface area contributed by atoms with Crippen molar-refractivity contribution >= 4 is 40.1 Å². The lowest BCUT2D eigenvalue weighted by molar-refractivity contribution is -0.384. The van der Waals surface area contributed by atoms with E-state index in [4.69, 9.17) is 0 Å². The number of H-pyrrole nitrogens is 1. The molecule has 2 aromatic heterocycles. The maximum Gasteiger partial charge on any atom is 0.302 e. The number of para-hydroxylation sites is 2. The number of Topliss-reactive ketones (excluding diaryl/α,β-unsaturated/α-hetero) is 1. The van der Waals surface area contributed by atoms with Crippen molar-refractivity contribution in [3.63, 3.8) is 0 Å². The van der Waals surface area contributed by atoms with Crippen LogP contribution in [0, 0.1) is 10.1 Å². The summed E-state index contributed by atoms with van der Waals surface area (Å²) in [4.78, 5) is 49.4. The van der Waals surface area contributed by atoms with Crippen LogP contribution in [0.4, 0.5) is 11.6 Å². The van der Waals surface area contributed by atoms with Crippen LogP contribution in [0.15, 0.2) is 78.6 Å². The van der Waals surface area contributed by atoms with E-state index >= 15 is 0 Å². The first-order chi connectivity index (χ1) is 16.0. The number of aromatic nitrogens is 3. The van der Waals surface area contributed by atoms with Crippen molar-refractivity contribution in [1.29, 1.82) is 0 Å². The average Bonchev–Trinajstić information content (AvgIpc) is 3.38. The molecule has 0 saturated carbocycles. The molecule has 5 rings (SSSR count). The molecule has 4 aromatic rings. The predicted molar refractivity (Wildman–Crippen MR) is 118 cm³/mol. The quantitative estimate of drug-likeness (QED) is 0.162. The number of imidazole rings is 1. The molecule has 162 valence electrons. The molecule has 2 N–H and O–H groups in total. The fourth-order valence-electron chi connectivity index (χ4n) is 3.85. The van der Waals surface area contributed by atoms with Crippen LogP contribution in [-0.4, -0.2) is 36.7 Å². The largest absolute Gasteiger partial charge is 0.507 e. The molecule has 1 aliphatic heterocycles. The lowest BCUT2D eigenvalue weighted by Gasteiger charge is -2.22. The van der Waals surface area contributed by atoms with Crippen LogP contribution in [0.3, 0.4) is 0 Å². The summed E-state index contributed by atoms with van der Waals surface area (Å²) in [6.07, 6.45) is 3.04. The number of hydrogen-bond donors (Lipinski definition) is 2. The van der Waals surface area contributed by atoms with Crippen LogP contribution >= 0.6 is 0 Å². The van der Waals surface area contributed by atoms with Crippen molar-refractivity contribution in [3.8, 4) is 0 Å². The van der Waals surface area contributed by atoms with Gasteiger partial charge in [0.15, 0.2) is 0 Å². The Morgan fingerprint density at radius 2 is 1.82 bits per heavy atom. The van der Waals surface area contributed by atoms with Crippen molar-refractivity contribution < 1.29 is 19.6 Å². The number of hydrogen-bond acceptors (Lipinski definition) is 7. The van der Waals surface area contributed by atoms with Gasteiger partial charge < -0.3 is 10.1 Å². The molecule has 0 radical (unpaired) electrons. The Labute approximate surface area is 186 Å². The highest BCUT2D eigenvalue weighted by atomic mass is 16.6. The number of carbonyl (C=O) groups excluding carboxylic acids is 2. The molecular weight excluding hydrogens is 426 g/mol. The minimum Gasteiger partial charge on any atom is -0.507 e. The van der Waals surface area contributed by atoms with Gasteiger partial charge in [-0.05, 0) is 35.9 Å². The third-order valence-corrected chi connectivity index (χ3v) is 5.40. The molecule has 1 fully saturated rings. The standard InChI is InChI=1S/C23H15N5O5/c29-20(13-7-9-15(10-8-13)28(32)33)18-19(14-4-3-11-24-12-14)27(22(31)21(18)30)23-25-16-5-1-2-6-17(16)26-23/h1-12,19,29H,(H,25,26)/b20-18+. The van der Waals surface area contributed by atoms with Crippen molar-refractivity contribution in [2.75, 3.05) is 4.90 Å². The molecule has 1 aliphatic rings. The van der Waals surface area contributed by atoms with Crippen LogP contribution in [0.25, 0.3) is 16.8 Å². The first kappa shape index (κ1) is 20.1. The van der Waals surface area contributed by atoms with Crippen LogP contribution < -0.4 is 4.90 Å². The number of nitro groups is 1. The summed E-state index contributed by atoms with van der Waals surface area (Å²) in [6.45, 7) is 0. The number of aliphatic hydroxyl groups is 1. The van der Waals surface area contributed by atoms with Crippen LogP contribution in [-0.2, 0) is 9.59 Å². The number of fused-ring (bicyclic) bond motifs is 1. The van der Waals surface area contributed by atoms with Gasteiger partial charge in [0.1, 0.15) is 5.76 Å². The molecule has 0 spiro atoms. The van der Waals surface area contributed by atoms with E-state index in [-0.39, 0.29) is 22.8 Å². The van der Waals surface area contributed by atoms with E-state index < -0.39 is 28.4 Å². The number of aliphatic hydroxyl groups excluding tert-OH is 1. The van der Waals surface area contributed by atoms with Gasteiger partial charge in [0.25, 0.3) is 11.5 Å².